The Bertz CT molecular complexity index is 739. The lowest BCUT2D eigenvalue weighted by molar-refractivity contribution is 0.553. The second kappa shape index (κ2) is 5.82. The molecular formula is C13H19N5O2S. The van der Waals surface area contributed by atoms with Crippen molar-refractivity contribution in [2.45, 2.75) is 31.2 Å². The van der Waals surface area contributed by atoms with Crippen molar-refractivity contribution in [3.63, 3.8) is 0 Å². The number of nitrogens with one attached hydrogen (secondary N) is 1. The minimum absolute atomic E-state index is 0.145. The maximum atomic E-state index is 12.4. The summed E-state index contributed by atoms with van der Waals surface area (Å²) in [6.07, 6.45) is 2.28. The Hall–Kier alpha value is -1.93. The number of hydrogen-bond acceptors (Lipinski definition) is 5. The van der Waals surface area contributed by atoms with Crippen LogP contribution in [0.2, 0.25) is 0 Å². The average molecular weight is 309 g/mol. The molecule has 1 unspecified atom stereocenters. The summed E-state index contributed by atoms with van der Waals surface area (Å²) in [5.74, 6) is 0.539. The molecule has 0 saturated heterocycles. The first kappa shape index (κ1) is 15.5. The molecule has 0 aliphatic carbocycles. The third-order valence-electron chi connectivity index (χ3n) is 3.27. The third-order valence-corrected chi connectivity index (χ3v) is 4.81. The SMILES string of the molecule is CCc1ccc(S(=O)(=O)NC(C)c2nncn2C)cc1N. The lowest BCUT2D eigenvalue weighted by atomic mass is 10.1. The van der Waals surface area contributed by atoms with E-state index in [-0.39, 0.29) is 4.90 Å². The molecule has 0 bridgehead atoms. The van der Waals surface area contributed by atoms with E-state index in [0.29, 0.717) is 11.5 Å². The maximum absolute atomic E-state index is 12.4. The van der Waals surface area contributed by atoms with Crippen molar-refractivity contribution in [3.05, 3.63) is 35.9 Å². The number of sulfonamides is 1. The van der Waals surface area contributed by atoms with Crippen molar-refractivity contribution in [2.75, 3.05) is 5.73 Å². The molecule has 0 spiro atoms. The van der Waals surface area contributed by atoms with Crippen LogP contribution in [0.3, 0.4) is 0 Å². The Morgan fingerprint density at radius 1 is 1.43 bits per heavy atom. The van der Waals surface area contributed by atoms with Gasteiger partial charge in [-0.25, -0.2) is 13.1 Å². The second-order valence-electron chi connectivity index (χ2n) is 4.86. The zero-order valence-electron chi connectivity index (χ0n) is 12.2. The van der Waals surface area contributed by atoms with E-state index in [0.717, 1.165) is 12.0 Å². The van der Waals surface area contributed by atoms with Gasteiger partial charge in [0.25, 0.3) is 0 Å². The number of nitrogens with two attached hydrogens (primary N) is 1. The van der Waals surface area contributed by atoms with Crippen LogP contribution in [0.15, 0.2) is 29.4 Å². The first-order valence-electron chi connectivity index (χ1n) is 6.59. The molecule has 1 aromatic carbocycles. The molecule has 0 aliphatic rings. The normalized spacial score (nSPS) is 13.3. The van der Waals surface area contributed by atoms with Crippen LogP contribution in [-0.4, -0.2) is 23.2 Å². The topological polar surface area (TPSA) is 103 Å². The first-order valence-corrected chi connectivity index (χ1v) is 8.08. The van der Waals surface area contributed by atoms with E-state index < -0.39 is 16.1 Å². The van der Waals surface area contributed by atoms with Crippen molar-refractivity contribution < 1.29 is 8.42 Å². The van der Waals surface area contributed by atoms with Crippen LogP contribution < -0.4 is 10.5 Å². The number of nitrogen functional groups attached to an aromatic ring is 1. The van der Waals surface area contributed by atoms with Gasteiger partial charge in [0.15, 0.2) is 0 Å². The summed E-state index contributed by atoms with van der Waals surface area (Å²) in [7, 11) is -1.90. The first-order chi connectivity index (χ1) is 9.85. The van der Waals surface area contributed by atoms with E-state index in [4.69, 9.17) is 5.73 Å². The molecule has 2 rings (SSSR count). The van der Waals surface area contributed by atoms with Crippen LogP contribution in [-0.2, 0) is 23.5 Å². The summed E-state index contributed by atoms with van der Waals surface area (Å²) in [6.45, 7) is 3.68. The summed E-state index contributed by atoms with van der Waals surface area (Å²) < 4.78 is 29.0. The number of benzene rings is 1. The van der Waals surface area contributed by atoms with Crippen molar-refractivity contribution in [1.29, 1.82) is 0 Å². The van der Waals surface area contributed by atoms with E-state index >= 15 is 0 Å². The largest absolute Gasteiger partial charge is 0.398 e. The minimum Gasteiger partial charge on any atom is -0.398 e. The van der Waals surface area contributed by atoms with Gasteiger partial charge in [-0.1, -0.05) is 13.0 Å². The molecule has 1 heterocycles. The molecule has 0 radical (unpaired) electrons. The van der Waals surface area contributed by atoms with E-state index in [2.05, 4.69) is 14.9 Å². The third kappa shape index (κ3) is 3.22. The molecule has 1 atom stereocenters. The Morgan fingerprint density at radius 2 is 2.14 bits per heavy atom. The van der Waals surface area contributed by atoms with Gasteiger partial charge in [0, 0.05) is 12.7 Å². The number of hydrogen-bond donors (Lipinski definition) is 2. The molecular weight excluding hydrogens is 290 g/mol. The molecule has 0 amide bonds. The summed E-state index contributed by atoms with van der Waals surface area (Å²) >= 11 is 0. The van der Waals surface area contributed by atoms with Gasteiger partial charge in [-0.3, -0.25) is 0 Å². The van der Waals surface area contributed by atoms with Crippen LogP contribution in [0.1, 0.15) is 31.3 Å². The molecule has 1 aromatic heterocycles. The standard InChI is InChI=1S/C13H19N5O2S/c1-4-10-5-6-11(7-12(10)14)21(19,20)17-9(2)13-16-15-8-18(13)3/h5-9,17H,4,14H2,1-3H3. The Labute approximate surface area is 124 Å². The van der Waals surface area contributed by atoms with Gasteiger partial charge in [0.1, 0.15) is 12.2 Å². The van der Waals surface area contributed by atoms with E-state index in [9.17, 15) is 8.42 Å². The minimum atomic E-state index is -3.66. The van der Waals surface area contributed by atoms with Gasteiger partial charge in [-0.05, 0) is 31.0 Å². The van der Waals surface area contributed by atoms with Gasteiger partial charge in [0.05, 0.1) is 10.9 Å². The highest BCUT2D eigenvalue weighted by molar-refractivity contribution is 7.89. The van der Waals surface area contributed by atoms with Crippen molar-refractivity contribution in [3.8, 4) is 0 Å². The second-order valence-corrected chi connectivity index (χ2v) is 6.57. The lowest BCUT2D eigenvalue weighted by Crippen LogP contribution is -2.28. The van der Waals surface area contributed by atoms with Crippen LogP contribution >= 0.6 is 0 Å². The average Bonchev–Trinajstić information content (AvgIpc) is 2.84. The molecule has 21 heavy (non-hydrogen) atoms. The number of aryl methyl sites for hydroxylation is 2. The van der Waals surface area contributed by atoms with Crippen molar-refractivity contribution in [2.24, 2.45) is 7.05 Å². The van der Waals surface area contributed by atoms with Crippen LogP contribution in [0.5, 0.6) is 0 Å². The Kier molecular flexibility index (Phi) is 4.29. The zero-order chi connectivity index (χ0) is 15.6. The molecule has 7 nitrogen and oxygen atoms in total. The highest BCUT2D eigenvalue weighted by Crippen LogP contribution is 2.20. The molecule has 0 aliphatic heterocycles. The van der Waals surface area contributed by atoms with E-state index in [1.54, 1.807) is 30.7 Å². The maximum Gasteiger partial charge on any atom is 0.241 e. The van der Waals surface area contributed by atoms with Crippen LogP contribution in [0, 0.1) is 0 Å². The predicted octanol–water partition coefficient (Wildman–Crippen LogP) is 0.999. The van der Waals surface area contributed by atoms with Gasteiger partial charge >= 0.3 is 0 Å². The summed E-state index contributed by atoms with van der Waals surface area (Å²) in [6, 6.07) is 4.28. The van der Waals surface area contributed by atoms with Gasteiger partial charge in [0.2, 0.25) is 10.0 Å². The van der Waals surface area contributed by atoms with E-state index in [1.165, 1.54) is 12.4 Å². The number of anilines is 1. The molecule has 0 saturated carbocycles. The molecule has 114 valence electrons. The number of nitrogens with zero attached hydrogens (tertiary/aromatic N) is 3. The van der Waals surface area contributed by atoms with Gasteiger partial charge in [-0.2, -0.15) is 0 Å². The Morgan fingerprint density at radius 3 is 2.67 bits per heavy atom. The van der Waals surface area contributed by atoms with Gasteiger partial charge in [-0.15, -0.1) is 10.2 Å². The highest BCUT2D eigenvalue weighted by Gasteiger charge is 2.21. The summed E-state index contributed by atoms with van der Waals surface area (Å²) in [5.41, 5.74) is 7.26. The summed E-state index contributed by atoms with van der Waals surface area (Å²) in [4.78, 5) is 0.145. The predicted molar refractivity (Wildman–Crippen MR) is 80.0 cm³/mol. The Balaban J connectivity index is 2.26. The fourth-order valence-corrected chi connectivity index (χ4v) is 3.34. The summed E-state index contributed by atoms with van der Waals surface area (Å²) in [5, 5.41) is 7.64. The smallest absolute Gasteiger partial charge is 0.241 e. The fraction of sp³-hybridized carbons (Fsp3) is 0.385. The van der Waals surface area contributed by atoms with Crippen molar-refractivity contribution >= 4 is 15.7 Å². The fourth-order valence-electron chi connectivity index (χ4n) is 2.10. The highest BCUT2D eigenvalue weighted by atomic mass is 32.2. The van der Waals surface area contributed by atoms with Crippen molar-refractivity contribution in [1.82, 2.24) is 19.5 Å². The molecule has 8 heteroatoms. The number of aromatic nitrogens is 3. The monoisotopic (exact) mass is 309 g/mol. The molecule has 3 N–H and O–H groups in total. The zero-order valence-corrected chi connectivity index (χ0v) is 13.1. The molecule has 2 aromatic rings. The van der Waals surface area contributed by atoms with Crippen LogP contribution in [0.4, 0.5) is 5.69 Å². The quantitative estimate of drug-likeness (QED) is 0.802. The molecule has 0 fully saturated rings. The van der Waals surface area contributed by atoms with E-state index in [1.807, 2.05) is 6.92 Å². The van der Waals surface area contributed by atoms with Gasteiger partial charge < -0.3 is 10.3 Å². The van der Waals surface area contributed by atoms with Crippen LogP contribution in [0.25, 0.3) is 0 Å². The number of rotatable bonds is 5. The lowest BCUT2D eigenvalue weighted by Gasteiger charge is -2.14.